The van der Waals surface area contributed by atoms with Gasteiger partial charge in [0.25, 0.3) is 0 Å². The van der Waals surface area contributed by atoms with Crippen LogP contribution in [0.3, 0.4) is 0 Å². The SMILES string of the molecule is O=C1OCCC1=Cc1ccccc1OC[C@H](O)CN1CCC(c2ccc3ccccc3c2)CC1. The van der Waals surface area contributed by atoms with E-state index in [0.29, 0.717) is 36.8 Å². The van der Waals surface area contributed by atoms with Gasteiger partial charge in [-0.2, -0.15) is 0 Å². The van der Waals surface area contributed by atoms with Gasteiger partial charge in [-0.25, -0.2) is 4.79 Å². The third-order valence-corrected chi connectivity index (χ3v) is 6.85. The van der Waals surface area contributed by atoms with Gasteiger partial charge in [0.2, 0.25) is 0 Å². The van der Waals surface area contributed by atoms with E-state index >= 15 is 0 Å². The van der Waals surface area contributed by atoms with Gasteiger partial charge in [-0.3, -0.25) is 0 Å². The summed E-state index contributed by atoms with van der Waals surface area (Å²) in [5.41, 5.74) is 2.91. The van der Waals surface area contributed by atoms with Crippen molar-refractivity contribution >= 4 is 22.8 Å². The number of benzene rings is 3. The third-order valence-electron chi connectivity index (χ3n) is 6.85. The number of likely N-dealkylation sites (tertiary alicyclic amines) is 1. The van der Waals surface area contributed by atoms with Crippen molar-refractivity contribution in [1.29, 1.82) is 0 Å². The van der Waals surface area contributed by atoms with Gasteiger partial charge in [0, 0.05) is 24.1 Å². The quantitative estimate of drug-likeness (QED) is 0.408. The van der Waals surface area contributed by atoms with E-state index in [9.17, 15) is 9.90 Å². The van der Waals surface area contributed by atoms with Gasteiger partial charge >= 0.3 is 5.97 Å². The smallest absolute Gasteiger partial charge is 0.334 e. The zero-order chi connectivity index (χ0) is 23.3. The van der Waals surface area contributed by atoms with Gasteiger partial charge in [0.1, 0.15) is 18.5 Å². The van der Waals surface area contributed by atoms with Gasteiger partial charge in [-0.15, -0.1) is 0 Å². The number of β-amino-alcohol motifs (C(OH)–C–C–N with tert-alkyl or cyclic N) is 1. The molecule has 1 atom stereocenters. The van der Waals surface area contributed by atoms with Crippen LogP contribution in [0.4, 0.5) is 0 Å². The van der Waals surface area contributed by atoms with E-state index in [1.165, 1.54) is 16.3 Å². The first-order valence-corrected chi connectivity index (χ1v) is 12.1. The highest BCUT2D eigenvalue weighted by molar-refractivity contribution is 5.95. The number of carbonyl (C=O) groups excluding carboxylic acids is 1. The molecular weight excluding hydrogens is 426 g/mol. The first-order chi connectivity index (χ1) is 16.7. The van der Waals surface area contributed by atoms with Gasteiger partial charge in [0.15, 0.2) is 0 Å². The second-order valence-corrected chi connectivity index (χ2v) is 9.24. The zero-order valence-corrected chi connectivity index (χ0v) is 19.4. The molecule has 2 heterocycles. The Bertz CT molecular complexity index is 1180. The van der Waals surface area contributed by atoms with Crippen LogP contribution in [0.15, 0.2) is 72.3 Å². The number of aliphatic hydroxyl groups is 1. The van der Waals surface area contributed by atoms with E-state index in [1.54, 1.807) is 0 Å². The molecule has 3 aromatic carbocycles. The number of ether oxygens (including phenoxy) is 2. The van der Waals surface area contributed by atoms with Crippen molar-refractivity contribution in [3.05, 3.63) is 83.4 Å². The molecule has 1 N–H and O–H groups in total. The summed E-state index contributed by atoms with van der Waals surface area (Å²) >= 11 is 0. The normalized spacial score (nSPS) is 19.4. The van der Waals surface area contributed by atoms with Gasteiger partial charge in [-0.05, 0) is 60.3 Å². The highest BCUT2D eigenvalue weighted by Crippen LogP contribution is 2.30. The second-order valence-electron chi connectivity index (χ2n) is 9.24. The number of cyclic esters (lactones) is 1. The number of carbonyl (C=O) groups is 1. The number of nitrogens with zero attached hydrogens (tertiary/aromatic N) is 1. The first kappa shape index (κ1) is 22.6. The van der Waals surface area contributed by atoms with Crippen LogP contribution in [0.5, 0.6) is 5.75 Å². The Balaban J connectivity index is 1.12. The standard InChI is InChI=1S/C29H31NO4/c31-27(20-34-28-8-4-3-7-25(28)18-26-13-16-33-29(26)32)19-30-14-11-22(12-15-30)24-10-9-21-5-1-2-6-23(21)17-24/h1-10,17-18,22,27,31H,11-16,19-20H2/t27-/m1/s1. The molecule has 0 saturated carbocycles. The predicted molar refractivity (Wildman–Crippen MR) is 134 cm³/mol. The number of hydrogen-bond acceptors (Lipinski definition) is 5. The summed E-state index contributed by atoms with van der Waals surface area (Å²) < 4.78 is 11.0. The molecule has 2 saturated heterocycles. The van der Waals surface area contributed by atoms with Crippen molar-refractivity contribution in [2.75, 3.05) is 32.8 Å². The topological polar surface area (TPSA) is 59.0 Å². The number of hydrogen-bond donors (Lipinski definition) is 1. The van der Waals surface area contributed by atoms with Crippen LogP contribution in [0, 0.1) is 0 Å². The average Bonchev–Trinajstić information content (AvgIpc) is 3.28. The van der Waals surface area contributed by atoms with Crippen LogP contribution in [-0.2, 0) is 9.53 Å². The second kappa shape index (κ2) is 10.4. The summed E-state index contributed by atoms with van der Waals surface area (Å²) in [6.07, 6.45) is 4.06. The van der Waals surface area contributed by atoms with E-state index in [4.69, 9.17) is 9.47 Å². The number of fused-ring (bicyclic) bond motifs is 1. The van der Waals surface area contributed by atoms with Crippen molar-refractivity contribution in [1.82, 2.24) is 4.90 Å². The van der Waals surface area contributed by atoms with Crippen LogP contribution in [-0.4, -0.2) is 54.9 Å². The summed E-state index contributed by atoms with van der Waals surface area (Å²) in [5, 5.41) is 13.2. The molecule has 5 heteroatoms. The molecule has 3 aromatic rings. The molecule has 2 aliphatic rings. The van der Waals surface area contributed by atoms with Gasteiger partial charge < -0.3 is 19.5 Å². The van der Waals surface area contributed by atoms with Gasteiger partial charge in [-0.1, -0.05) is 60.7 Å². The highest BCUT2D eigenvalue weighted by atomic mass is 16.5. The van der Waals surface area contributed by atoms with Crippen LogP contribution in [0.25, 0.3) is 16.8 Å². The number of esters is 1. The minimum absolute atomic E-state index is 0.217. The fourth-order valence-electron chi connectivity index (χ4n) is 4.95. The number of rotatable bonds is 7. The maximum Gasteiger partial charge on any atom is 0.334 e. The van der Waals surface area contributed by atoms with Crippen molar-refractivity contribution in [3.8, 4) is 5.75 Å². The Morgan fingerprint density at radius 1 is 1.03 bits per heavy atom. The summed E-state index contributed by atoms with van der Waals surface area (Å²) in [4.78, 5) is 14.1. The van der Waals surface area contributed by atoms with E-state index in [-0.39, 0.29) is 12.6 Å². The summed E-state index contributed by atoms with van der Waals surface area (Å²) in [5.74, 6) is 0.974. The molecule has 0 aliphatic carbocycles. The number of aliphatic hydroxyl groups excluding tert-OH is 1. The number of piperidine rings is 1. The molecular formula is C29H31NO4. The van der Waals surface area contributed by atoms with Crippen LogP contribution in [0.2, 0.25) is 0 Å². The molecule has 176 valence electrons. The lowest BCUT2D eigenvalue weighted by Crippen LogP contribution is -2.40. The van der Waals surface area contributed by atoms with Crippen molar-refractivity contribution in [2.24, 2.45) is 0 Å². The predicted octanol–water partition coefficient (Wildman–Crippen LogP) is 4.79. The van der Waals surface area contributed by atoms with Gasteiger partial charge in [0.05, 0.1) is 6.61 Å². The summed E-state index contributed by atoms with van der Waals surface area (Å²) in [6.45, 7) is 3.19. The Labute approximate surface area is 200 Å². The lowest BCUT2D eigenvalue weighted by Gasteiger charge is -2.33. The minimum atomic E-state index is -0.575. The van der Waals surface area contributed by atoms with E-state index in [2.05, 4.69) is 47.4 Å². The molecule has 5 nitrogen and oxygen atoms in total. The Morgan fingerprint density at radius 3 is 2.59 bits per heavy atom. The van der Waals surface area contributed by atoms with Crippen molar-refractivity contribution in [2.45, 2.75) is 31.3 Å². The maximum absolute atomic E-state index is 11.8. The number of para-hydroxylation sites is 1. The summed E-state index contributed by atoms with van der Waals surface area (Å²) in [7, 11) is 0. The molecule has 0 spiro atoms. The molecule has 2 aliphatic heterocycles. The molecule has 0 aromatic heterocycles. The molecule has 0 amide bonds. The monoisotopic (exact) mass is 457 g/mol. The molecule has 0 bridgehead atoms. The summed E-state index contributed by atoms with van der Waals surface area (Å²) in [6, 6.07) is 22.9. The van der Waals surface area contributed by atoms with E-state index in [0.717, 1.165) is 31.5 Å². The molecule has 0 unspecified atom stereocenters. The average molecular weight is 458 g/mol. The Kier molecular flexibility index (Phi) is 6.93. The van der Waals surface area contributed by atoms with E-state index in [1.807, 2.05) is 30.3 Å². The molecule has 0 radical (unpaired) electrons. The van der Waals surface area contributed by atoms with Crippen molar-refractivity contribution in [3.63, 3.8) is 0 Å². The molecule has 2 fully saturated rings. The lowest BCUT2D eigenvalue weighted by atomic mass is 9.88. The Morgan fingerprint density at radius 2 is 1.79 bits per heavy atom. The third kappa shape index (κ3) is 5.32. The Hall–Kier alpha value is -3.15. The maximum atomic E-state index is 11.8. The fraction of sp³-hybridized carbons (Fsp3) is 0.345. The van der Waals surface area contributed by atoms with E-state index < -0.39 is 6.10 Å². The molecule has 34 heavy (non-hydrogen) atoms. The largest absolute Gasteiger partial charge is 0.490 e. The van der Waals surface area contributed by atoms with Crippen LogP contribution in [0.1, 0.15) is 36.3 Å². The first-order valence-electron chi connectivity index (χ1n) is 12.1. The van der Waals surface area contributed by atoms with Crippen LogP contribution < -0.4 is 4.74 Å². The van der Waals surface area contributed by atoms with Crippen molar-refractivity contribution < 1.29 is 19.4 Å². The fourth-order valence-corrected chi connectivity index (χ4v) is 4.95. The van der Waals surface area contributed by atoms with Crippen LogP contribution >= 0.6 is 0 Å². The molecule has 5 rings (SSSR count). The highest BCUT2D eigenvalue weighted by Gasteiger charge is 2.23. The minimum Gasteiger partial charge on any atom is -0.490 e. The lowest BCUT2D eigenvalue weighted by molar-refractivity contribution is -0.134. The zero-order valence-electron chi connectivity index (χ0n) is 19.4.